The highest BCUT2D eigenvalue weighted by atomic mass is 16.6. The highest BCUT2D eigenvalue weighted by Crippen LogP contribution is 2.44. The van der Waals surface area contributed by atoms with Crippen molar-refractivity contribution < 1.29 is 4.92 Å². The smallest absolute Gasteiger partial charge is 0.334 e. The van der Waals surface area contributed by atoms with Gasteiger partial charge in [0.2, 0.25) is 5.82 Å². The summed E-state index contributed by atoms with van der Waals surface area (Å²) in [6.45, 7) is 6.84. The summed E-state index contributed by atoms with van der Waals surface area (Å²) in [5.41, 5.74) is 1.00. The van der Waals surface area contributed by atoms with Crippen molar-refractivity contribution in [3.63, 3.8) is 0 Å². The van der Waals surface area contributed by atoms with E-state index in [9.17, 15) is 10.1 Å². The van der Waals surface area contributed by atoms with Crippen molar-refractivity contribution in [2.24, 2.45) is 12.5 Å². The molecule has 20 heavy (non-hydrogen) atoms. The van der Waals surface area contributed by atoms with E-state index >= 15 is 0 Å². The van der Waals surface area contributed by atoms with E-state index in [1.54, 1.807) is 11.7 Å². The molecular weight excluding hydrogens is 256 g/mol. The maximum absolute atomic E-state index is 11.4. The number of hydrogen-bond donors (Lipinski definition) is 1. The summed E-state index contributed by atoms with van der Waals surface area (Å²) in [5, 5.41) is 19.0. The number of nitrogens with one attached hydrogen (secondary N) is 1. The topological polar surface area (TPSA) is 73.0 Å². The molecule has 1 N–H and O–H groups in total. The Balaban J connectivity index is 2.24. The van der Waals surface area contributed by atoms with E-state index < -0.39 is 0 Å². The normalized spacial score (nSPS) is 17.1. The second-order valence-electron chi connectivity index (χ2n) is 6.18. The first kappa shape index (κ1) is 14.8. The van der Waals surface area contributed by atoms with E-state index in [-0.39, 0.29) is 16.5 Å². The Bertz CT molecular complexity index is 498. The van der Waals surface area contributed by atoms with Crippen molar-refractivity contribution in [3.05, 3.63) is 15.8 Å². The third-order valence-corrected chi connectivity index (χ3v) is 4.57. The Labute approximate surface area is 119 Å². The third-order valence-electron chi connectivity index (χ3n) is 4.57. The molecule has 0 spiro atoms. The van der Waals surface area contributed by atoms with Crippen LogP contribution in [0.3, 0.4) is 0 Å². The van der Waals surface area contributed by atoms with E-state index in [1.807, 2.05) is 13.8 Å². The summed E-state index contributed by atoms with van der Waals surface area (Å²) in [6.07, 6.45) is 4.79. The Kier molecular flexibility index (Phi) is 4.01. The van der Waals surface area contributed by atoms with E-state index in [2.05, 4.69) is 17.3 Å². The molecule has 0 unspecified atom stereocenters. The zero-order valence-corrected chi connectivity index (χ0v) is 12.8. The molecule has 1 aliphatic rings. The molecule has 112 valence electrons. The number of nitro groups is 1. The second-order valence-corrected chi connectivity index (χ2v) is 6.18. The fourth-order valence-electron chi connectivity index (χ4n) is 2.90. The minimum absolute atomic E-state index is 0.0426. The van der Waals surface area contributed by atoms with Crippen molar-refractivity contribution in [1.29, 1.82) is 0 Å². The summed E-state index contributed by atoms with van der Waals surface area (Å²) in [4.78, 5) is 11.0. The lowest BCUT2D eigenvalue weighted by Crippen LogP contribution is -2.36. The zero-order chi connectivity index (χ0) is 14.9. The molecule has 0 radical (unpaired) electrons. The van der Waals surface area contributed by atoms with Crippen LogP contribution in [0, 0.1) is 15.5 Å². The summed E-state index contributed by atoms with van der Waals surface area (Å²) >= 11 is 0. The van der Waals surface area contributed by atoms with Crippen LogP contribution < -0.4 is 5.32 Å². The monoisotopic (exact) mass is 280 g/mol. The molecule has 6 heteroatoms. The molecule has 0 bridgehead atoms. The van der Waals surface area contributed by atoms with Crippen molar-refractivity contribution in [3.8, 4) is 0 Å². The molecule has 0 aliphatic heterocycles. The average Bonchev–Trinajstić information content (AvgIpc) is 2.66. The third kappa shape index (κ3) is 2.51. The SMILES string of the molecule is CCC1(CNc2c([N+](=O)[O-])c(C(C)C)nn2C)CCC1. The molecule has 1 fully saturated rings. The lowest BCUT2D eigenvalue weighted by molar-refractivity contribution is -0.384. The minimum Gasteiger partial charge on any atom is -0.364 e. The quantitative estimate of drug-likeness (QED) is 0.640. The maximum atomic E-state index is 11.4. The van der Waals surface area contributed by atoms with Crippen LogP contribution in [-0.4, -0.2) is 21.2 Å². The summed E-state index contributed by atoms with van der Waals surface area (Å²) < 4.78 is 1.61. The largest absolute Gasteiger partial charge is 0.364 e. The lowest BCUT2D eigenvalue weighted by Gasteiger charge is -2.41. The number of anilines is 1. The molecule has 0 saturated heterocycles. The first-order chi connectivity index (χ1) is 9.40. The Morgan fingerprint density at radius 2 is 2.15 bits per heavy atom. The van der Waals surface area contributed by atoms with Crippen LogP contribution in [-0.2, 0) is 7.05 Å². The Hall–Kier alpha value is -1.59. The summed E-state index contributed by atoms with van der Waals surface area (Å²) in [5.74, 6) is 0.583. The van der Waals surface area contributed by atoms with Gasteiger partial charge in [-0.1, -0.05) is 27.2 Å². The molecule has 1 heterocycles. The predicted octanol–water partition coefficient (Wildman–Crippen LogP) is 3.44. The molecule has 1 saturated carbocycles. The van der Waals surface area contributed by atoms with E-state index in [0.29, 0.717) is 16.9 Å². The molecule has 1 aliphatic carbocycles. The zero-order valence-electron chi connectivity index (χ0n) is 12.8. The number of rotatable bonds is 6. The summed E-state index contributed by atoms with van der Waals surface area (Å²) in [7, 11) is 1.76. The first-order valence-electron chi connectivity index (χ1n) is 7.35. The maximum Gasteiger partial charge on any atom is 0.334 e. The Morgan fingerprint density at radius 3 is 2.55 bits per heavy atom. The van der Waals surface area contributed by atoms with E-state index in [0.717, 1.165) is 13.0 Å². The van der Waals surface area contributed by atoms with Gasteiger partial charge in [0.15, 0.2) is 0 Å². The highest BCUT2D eigenvalue weighted by molar-refractivity contribution is 5.60. The van der Waals surface area contributed by atoms with Gasteiger partial charge in [0.1, 0.15) is 5.69 Å². The standard InChI is InChI=1S/C14H24N4O2/c1-5-14(7-6-8-14)9-15-13-12(18(19)20)11(10(2)3)16-17(13)4/h10,15H,5-9H2,1-4H3. The van der Waals surface area contributed by atoms with Gasteiger partial charge in [-0.25, -0.2) is 4.68 Å². The highest BCUT2D eigenvalue weighted by Gasteiger charge is 2.36. The molecule has 2 rings (SSSR count). The van der Waals surface area contributed by atoms with Crippen LogP contribution in [0.4, 0.5) is 11.5 Å². The fourth-order valence-corrected chi connectivity index (χ4v) is 2.90. The van der Waals surface area contributed by atoms with Gasteiger partial charge in [0.25, 0.3) is 0 Å². The van der Waals surface area contributed by atoms with Gasteiger partial charge in [0, 0.05) is 19.5 Å². The van der Waals surface area contributed by atoms with Crippen LogP contribution in [0.5, 0.6) is 0 Å². The van der Waals surface area contributed by atoms with E-state index in [4.69, 9.17) is 0 Å². The Morgan fingerprint density at radius 1 is 1.50 bits per heavy atom. The van der Waals surface area contributed by atoms with Crippen molar-refractivity contribution in [2.45, 2.75) is 52.4 Å². The van der Waals surface area contributed by atoms with Crippen LogP contribution in [0.2, 0.25) is 0 Å². The van der Waals surface area contributed by atoms with Crippen molar-refractivity contribution >= 4 is 11.5 Å². The number of hydrogen-bond acceptors (Lipinski definition) is 4. The molecule has 6 nitrogen and oxygen atoms in total. The number of aryl methyl sites for hydroxylation is 1. The van der Waals surface area contributed by atoms with Gasteiger partial charge < -0.3 is 5.32 Å². The van der Waals surface area contributed by atoms with Crippen LogP contribution in [0.1, 0.15) is 58.1 Å². The van der Waals surface area contributed by atoms with Crippen LogP contribution in [0.25, 0.3) is 0 Å². The van der Waals surface area contributed by atoms with Gasteiger partial charge in [-0.15, -0.1) is 0 Å². The minimum atomic E-state index is -0.315. The molecule has 1 aromatic rings. The van der Waals surface area contributed by atoms with E-state index in [1.165, 1.54) is 19.3 Å². The molecule has 0 atom stereocenters. The van der Waals surface area contributed by atoms with Gasteiger partial charge in [-0.2, -0.15) is 5.10 Å². The molecule has 1 aromatic heterocycles. The van der Waals surface area contributed by atoms with Gasteiger partial charge in [-0.05, 0) is 24.7 Å². The van der Waals surface area contributed by atoms with Gasteiger partial charge in [0.05, 0.1) is 4.92 Å². The predicted molar refractivity (Wildman–Crippen MR) is 79.0 cm³/mol. The number of nitrogens with zero attached hydrogens (tertiary/aromatic N) is 3. The van der Waals surface area contributed by atoms with Crippen LogP contribution in [0.15, 0.2) is 0 Å². The fraction of sp³-hybridized carbons (Fsp3) is 0.786. The summed E-state index contributed by atoms with van der Waals surface area (Å²) in [6, 6.07) is 0. The number of aromatic nitrogens is 2. The molecule has 0 amide bonds. The molecular formula is C14H24N4O2. The lowest BCUT2D eigenvalue weighted by atomic mass is 9.67. The average molecular weight is 280 g/mol. The van der Waals surface area contributed by atoms with Crippen molar-refractivity contribution in [1.82, 2.24) is 9.78 Å². The van der Waals surface area contributed by atoms with Crippen LogP contribution >= 0.6 is 0 Å². The van der Waals surface area contributed by atoms with Gasteiger partial charge in [-0.3, -0.25) is 10.1 Å². The molecule has 0 aromatic carbocycles. The van der Waals surface area contributed by atoms with Gasteiger partial charge >= 0.3 is 5.69 Å². The first-order valence-corrected chi connectivity index (χ1v) is 7.35. The second kappa shape index (κ2) is 5.42. The van der Waals surface area contributed by atoms with Crippen molar-refractivity contribution in [2.75, 3.05) is 11.9 Å².